The molecule has 0 bridgehead atoms. The summed E-state index contributed by atoms with van der Waals surface area (Å²) in [5, 5.41) is 2.55. The number of carbonyl (C=O) groups excluding carboxylic acids is 3. The molecule has 2 fully saturated rings. The normalized spacial score (nSPS) is 18.5. The van der Waals surface area contributed by atoms with E-state index in [0.717, 1.165) is 24.2 Å². The van der Waals surface area contributed by atoms with Crippen LogP contribution in [0.2, 0.25) is 0 Å². The Labute approximate surface area is 182 Å². The summed E-state index contributed by atoms with van der Waals surface area (Å²) in [4.78, 5) is 40.2. The number of sulfonamides is 1. The number of nitrogens with one attached hydrogen (secondary N) is 2. The fraction of sp³-hybridized carbons (Fsp3) is 0.550. The number of carbonyl (C=O) groups is 3. The average molecular weight is 453 g/mol. The van der Waals surface area contributed by atoms with Crippen LogP contribution in [0.25, 0.3) is 0 Å². The first kappa shape index (κ1) is 23.0. The maximum atomic E-state index is 12.9. The zero-order valence-corrected chi connectivity index (χ0v) is 18.5. The van der Waals surface area contributed by atoms with E-state index in [1.807, 2.05) is 0 Å². The highest BCUT2D eigenvalue weighted by Crippen LogP contribution is 2.39. The molecular weight excluding hydrogens is 424 g/mol. The molecule has 1 aliphatic carbocycles. The summed E-state index contributed by atoms with van der Waals surface area (Å²) in [6.45, 7) is -0.397. The van der Waals surface area contributed by atoms with Crippen LogP contribution in [0.15, 0.2) is 29.2 Å². The molecule has 0 atom stereocenters. The van der Waals surface area contributed by atoms with Gasteiger partial charge in [0, 0.05) is 20.1 Å². The maximum absolute atomic E-state index is 12.9. The van der Waals surface area contributed by atoms with Crippen molar-refractivity contribution in [2.45, 2.75) is 42.5 Å². The minimum atomic E-state index is -3.73. The molecule has 3 rings (SSSR count). The highest BCUT2D eigenvalue weighted by Gasteiger charge is 2.55. The molecule has 1 saturated heterocycles. The molecule has 2 N–H and O–H groups in total. The predicted molar refractivity (Wildman–Crippen MR) is 112 cm³/mol. The number of methoxy groups -OCH3 is 1. The van der Waals surface area contributed by atoms with Crippen molar-refractivity contribution >= 4 is 27.9 Å². The first-order valence-corrected chi connectivity index (χ1v) is 11.7. The number of imide groups is 1. The first-order chi connectivity index (χ1) is 14.7. The van der Waals surface area contributed by atoms with Crippen LogP contribution < -0.4 is 14.8 Å². The van der Waals surface area contributed by atoms with Crippen LogP contribution in [-0.4, -0.2) is 75.4 Å². The van der Waals surface area contributed by atoms with Gasteiger partial charge in [-0.3, -0.25) is 14.5 Å². The van der Waals surface area contributed by atoms with Crippen LogP contribution in [0.4, 0.5) is 4.79 Å². The van der Waals surface area contributed by atoms with Crippen molar-refractivity contribution in [3.8, 4) is 5.75 Å². The third-order valence-electron chi connectivity index (χ3n) is 5.89. The molecule has 1 aromatic carbocycles. The Morgan fingerprint density at radius 2 is 1.74 bits per heavy atom. The van der Waals surface area contributed by atoms with E-state index >= 15 is 0 Å². The smallest absolute Gasteiger partial charge is 0.327 e. The molecule has 1 spiro atoms. The molecule has 2 aliphatic rings. The largest absolute Gasteiger partial charge is 0.497 e. The van der Waals surface area contributed by atoms with Crippen LogP contribution in [0.1, 0.15) is 32.1 Å². The molecule has 10 nitrogen and oxygen atoms in total. The molecule has 1 saturated carbocycles. The van der Waals surface area contributed by atoms with Crippen LogP contribution in [0, 0.1) is 0 Å². The van der Waals surface area contributed by atoms with Crippen LogP contribution in [0.3, 0.4) is 0 Å². The van der Waals surface area contributed by atoms with Gasteiger partial charge >= 0.3 is 6.03 Å². The Morgan fingerprint density at radius 1 is 1.10 bits per heavy atom. The first-order valence-electron chi connectivity index (χ1n) is 10.2. The van der Waals surface area contributed by atoms with Gasteiger partial charge in [0.2, 0.25) is 15.9 Å². The molecule has 4 amide bonds. The van der Waals surface area contributed by atoms with Gasteiger partial charge in [-0.25, -0.2) is 17.9 Å². The van der Waals surface area contributed by atoms with E-state index < -0.39 is 27.5 Å². The fourth-order valence-corrected chi connectivity index (χ4v) is 5.13. The lowest BCUT2D eigenvalue weighted by atomic mass is 9.81. The summed E-state index contributed by atoms with van der Waals surface area (Å²) in [7, 11) is -0.636. The second kappa shape index (κ2) is 9.23. The number of nitrogens with zero attached hydrogens (tertiary/aromatic N) is 2. The number of likely N-dealkylation sites (N-methyl/N-ethyl adjacent to an activating group) is 1. The van der Waals surface area contributed by atoms with E-state index in [4.69, 9.17) is 4.74 Å². The van der Waals surface area contributed by atoms with Gasteiger partial charge in [0.05, 0.1) is 12.0 Å². The number of hydrogen-bond acceptors (Lipinski definition) is 6. The maximum Gasteiger partial charge on any atom is 0.327 e. The summed E-state index contributed by atoms with van der Waals surface area (Å²) in [6, 6.07) is 5.44. The van der Waals surface area contributed by atoms with Crippen molar-refractivity contribution in [1.29, 1.82) is 0 Å². The van der Waals surface area contributed by atoms with Gasteiger partial charge in [0.15, 0.2) is 0 Å². The average Bonchev–Trinajstić information content (AvgIpc) is 2.93. The second-order valence-electron chi connectivity index (χ2n) is 7.75. The van der Waals surface area contributed by atoms with E-state index in [1.54, 1.807) is 7.05 Å². The summed E-state index contributed by atoms with van der Waals surface area (Å²) in [5.41, 5.74) is -0.830. The van der Waals surface area contributed by atoms with Gasteiger partial charge in [0.1, 0.15) is 17.8 Å². The Hall–Kier alpha value is -2.66. The van der Waals surface area contributed by atoms with Gasteiger partial charge in [-0.2, -0.15) is 0 Å². The van der Waals surface area contributed by atoms with Gasteiger partial charge in [-0.05, 0) is 37.1 Å². The van der Waals surface area contributed by atoms with Crippen LogP contribution in [0.5, 0.6) is 5.75 Å². The van der Waals surface area contributed by atoms with E-state index in [9.17, 15) is 22.8 Å². The summed E-state index contributed by atoms with van der Waals surface area (Å²) >= 11 is 0. The molecule has 1 aromatic rings. The van der Waals surface area contributed by atoms with Crippen molar-refractivity contribution in [3.05, 3.63) is 24.3 Å². The molecule has 31 heavy (non-hydrogen) atoms. The fourth-order valence-electron chi connectivity index (χ4n) is 4.10. The molecule has 170 valence electrons. The number of urea groups is 1. The van der Waals surface area contributed by atoms with Crippen molar-refractivity contribution < 1.29 is 27.5 Å². The van der Waals surface area contributed by atoms with Crippen molar-refractivity contribution in [2.24, 2.45) is 0 Å². The summed E-state index contributed by atoms with van der Waals surface area (Å²) in [5.74, 6) is -0.306. The lowest BCUT2D eigenvalue weighted by molar-refractivity contribution is -0.137. The number of rotatable bonds is 8. The Kier molecular flexibility index (Phi) is 6.85. The number of benzene rings is 1. The predicted octanol–water partition coefficient (Wildman–Crippen LogP) is 0.687. The third kappa shape index (κ3) is 4.67. The van der Waals surface area contributed by atoms with Crippen molar-refractivity contribution in [2.75, 3.05) is 33.8 Å². The quantitative estimate of drug-likeness (QED) is 0.442. The zero-order valence-electron chi connectivity index (χ0n) is 17.7. The molecular formula is C20H28N4O6S. The monoisotopic (exact) mass is 452 g/mol. The highest BCUT2D eigenvalue weighted by atomic mass is 32.2. The Morgan fingerprint density at radius 3 is 2.35 bits per heavy atom. The number of amides is 4. The topological polar surface area (TPSA) is 125 Å². The van der Waals surface area contributed by atoms with Gasteiger partial charge < -0.3 is 15.0 Å². The summed E-state index contributed by atoms with van der Waals surface area (Å²) in [6.07, 6.45) is 4.00. The molecule has 0 aromatic heterocycles. The lowest BCUT2D eigenvalue weighted by Crippen LogP contribution is -2.49. The van der Waals surface area contributed by atoms with Crippen molar-refractivity contribution in [1.82, 2.24) is 19.8 Å². The van der Waals surface area contributed by atoms with Crippen LogP contribution in [-0.2, 0) is 19.6 Å². The van der Waals surface area contributed by atoms with Gasteiger partial charge in [0.25, 0.3) is 5.91 Å². The Balaban J connectivity index is 1.49. The van der Waals surface area contributed by atoms with E-state index in [2.05, 4.69) is 10.0 Å². The van der Waals surface area contributed by atoms with E-state index in [-0.39, 0.29) is 30.4 Å². The van der Waals surface area contributed by atoms with Gasteiger partial charge in [-0.1, -0.05) is 19.3 Å². The van der Waals surface area contributed by atoms with Crippen LogP contribution >= 0.6 is 0 Å². The second-order valence-corrected chi connectivity index (χ2v) is 9.52. The lowest BCUT2D eigenvalue weighted by Gasteiger charge is -2.35. The van der Waals surface area contributed by atoms with Crippen molar-refractivity contribution in [3.63, 3.8) is 0 Å². The number of hydrogen-bond donors (Lipinski definition) is 2. The number of ether oxygens (including phenoxy) is 1. The highest BCUT2D eigenvalue weighted by molar-refractivity contribution is 7.89. The minimum Gasteiger partial charge on any atom is -0.497 e. The SMILES string of the molecule is COc1ccc(S(=O)(=O)NCCNC(=O)CN2C(=O)N(C)C3(CCCCC3)C2=O)cc1. The molecule has 11 heteroatoms. The summed E-state index contributed by atoms with van der Waals surface area (Å²) < 4.78 is 32.0. The standard InChI is InChI=1S/C20H28N4O6S/c1-23-19(27)24(18(26)20(23)10-4-3-5-11-20)14-17(25)21-12-13-22-31(28,29)16-8-6-15(30-2)7-9-16/h6-9,22H,3-5,10-14H2,1-2H3,(H,21,25). The molecule has 0 unspecified atom stereocenters. The van der Waals surface area contributed by atoms with Gasteiger partial charge in [-0.15, -0.1) is 0 Å². The minimum absolute atomic E-state index is 0.0193. The van der Waals surface area contributed by atoms with E-state index in [1.165, 1.54) is 36.3 Å². The zero-order chi connectivity index (χ0) is 22.6. The molecule has 1 heterocycles. The molecule has 0 radical (unpaired) electrons. The molecule has 1 aliphatic heterocycles. The van der Waals surface area contributed by atoms with E-state index in [0.29, 0.717) is 18.6 Å². The Bertz CT molecular complexity index is 941. The third-order valence-corrected chi connectivity index (χ3v) is 7.37.